The number of aliphatic hydroxyl groups is 1. The Balaban J connectivity index is 2.05. The van der Waals surface area contributed by atoms with Crippen LogP contribution in [-0.4, -0.2) is 53.3 Å². The molecule has 5 nitrogen and oxygen atoms in total. The summed E-state index contributed by atoms with van der Waals surface area (Å²) in [7, 11) is 1.73. The van der Waals surface area contributed by atoms with E-state index in [2.05, 4.69) is 4.98 Å². The van der Waals surface area contributed by atoms with E-state index in [0.29, 0.717) is 37.5 Å². The van der Waals surface area contributed by atoms with Crippen molar-refractivity contribution in [2.45, 2.75) is 32.3 Å². The van der Waals surface area contributed by atoms with E-state index in [1.807, 2.05) is 13.8 Å². The minimum absolute atomic E-state index is 0.0667. The molecule has 1 fully saturated rings. The normalized spacial score (nSPS) is 18.3. The first-order chi connectivity index (χ1) is 8.91. The molecule has 0 aliphatic carbocycles. The van der Waals surface area contributed by atoms with Gasteiger partial charge < -0.3 is 14.7 Å². The Labute approximate surface area is 117 Å². The average molecular weight is 284 g/mol. The number of thiazole rings is 1. The molecule has 2 heterocycles. The van der Waals surface area contributed by atoms with Gasteiger partial charge in [-0.15, -0.1) is 11.3 Å². The van der Waals surface area contributed by atoms with Crippen LogP contribution in [0.2, 0.25) is 0 Å². The number of hydrogen-bond acceptors (Lipinski definition) is 5. The molecule has 6 heteroatoms. The molecule has 1 aliphatic rings. The van der Waals surface area contributed by atoms with Gasteiger partial charge >= 0.3 is 0 Å². The lowest BCUT2D eigenvalue weighted by Crippen LogP contribution is -2.47. The Morgan fingerprint density at radius 3 is 2.63 bits per heavy atom. The average Bonchev–Trinajstić information content (AvgIpc) is 2.67. The number of nitrogens with zero attached hydrogens (tertiary/aromatic N) is 2. The number of ether oxygens (including phenoxy) is 1. The van der Waals surface area contributed by atoms with Crippen LogP contribution >= 0.6 is 11.3 Å². The lowest BCUT2D eigenvalue weighted by Gasteiger charge is -2.35. The van der Waals surface area contributed by atoms with Gasteiger partial charge in [0.15, 0.2) is 0 Å². The van der Waals surface area contributed by atoms with Crippen molar-refractivity contribution in [3.63, 3.8) is 0 Å². The second-order valence-electron chi connectivity index (χ2n) is 5.15. The first kappa shape index (κ1) is 14.4. The number of aromatic nitrogens is 1. The van der Waals surface area contributed by atoms with Crippen LogP contribution in [0, 0.1) is 13.8 Å². The van der Waals surface area contributed by atoms with E-state index < -0.39 is 5.60 Å². The van der Waals surface area contributed by atoms with Gasteiger partial charge in [-0.2, -0.15) is 0 Å². The Hall–Kier alpha value is -0.980. The van der Waals surface area contributed by atoms with E-state index >= 15 is 0 Å². The van der Waals surface area contributed by atoms with Crippen molar-refractivity contribution < 1.29 is 14.6 Å². The van der Waals surface area contributed by atoms with Crippen LogP contribution in [0.5, 0.6) is 0 Å². The van der Waals surface area contributed by atoms with Crippen molar-refractivity contribution in [1.29, 1.82) is 0 Å². The molecule has 106 valence electrons. The van der Waals surface area contributed by atoms with Crippen molar-refractivity contribution >= 4 is 17.2 Å². The fourth-order valence-corrected chi connectivity index (χ4v) is 3.24. The Bertz CT molecular complexity index is 466. The molecule has 1 aromatic heterocycles. The molecule has 1 aromatic rings. The molecule has 0 saturated carbocycles. The van der Waals surface area contributed by atoms with Gasteiger partial charge in [0.05, 0.1) is 16.3 Å². The SMILES string of the molecule is Cc1nc(C)c(C(=O)N(C)CC2(O)CCOCC2)s1. The van der Waals surface area contributed by atoms with Gasteiger partial charge in [0.25, 0.3) is 5.91 Å². The molecule has 0 spiro atoms. The highest BCUT2D eigenvalue weighted by atomic mass is 32.1. The molecule has 1 amide bonds. The number of amides is 1. The zero-order chi connectivity index (χ0) is 14.0. The lowest BCUT2D eigenvalue weighted by atomic mass is 9.94. The summed E-state index contributed by atoms with van der Waals surface area (Å²) >= 11 is 1.40. The molecule has 0 radical (unpaired) electrons. The smallest absolute Gasteiger partial charge is 0.265 e. The maximum absolute atomic E-state index is 12.3. The third kappa shape index (κ3) is 3.32. The summed E-state index contributed by atoms with van der Waals surface area (Å²) in [6.45, 7) is 5.17. The molecule has 0 bridgehead atoms. The molecular weight excluding hydrogens is 264 g/mol. The summed E-state index contributed by atoms with van der Waals surface area (Å²) in [6.07, 6.45) is 1.15. The van der Waals surface area contributed by atoms with E-state index in [0.717, 1.165) is 10.7 Å². The minimum Gasteiger partial charge on any atom is -0.388 e. The van der Waals surface area contributed by atoms with Crippen LogP contribution < -0.4 is 0 Å². The van der Waals surface area contributed by atoms with E-state index in [-0.39, 0.29) is 5.91 Å². The van der Waals surface area contributed by atoms with Gasteiger partial charge in [0.2, 0.25) is 0 Å². The second-order valence-corrected chi connectivity index (χ2v) is 6.35. The molecule has 0 atom stereocenters. The number of likely N-dealkylation sites (N-methyl/N-ethyl adjacent to an activating group) is 1. The monoisotopic (exact) mass is 284 g/mol. The molecule has 1 N–H and O–H groups in total. The molecule has 0 unspecified atom stereocenters. The van der Waals surface area contributed by atoms with Crippen LogP contribution in [0.1, 0.15) is 33.2 Å². The number of hydrogen-bond donors (Lipinski definition) is 1. The maximum atomic E-state index is 12.3. The van der Waals surface area contributed by atoms with Crippen molar-refractivity contribution in [3.05, 3.63) is 15.6 Å². The first-order valence-electron chi connectivity index (χ1n) is 6.41. The Kier molecular flexibility index (Phi) is 4.23. The molecule has 1 aliphatic heterocycles. The number of rotatable bonds is 3. The Morgan fingerprint density at radius 1 is 1.47 bits per heavy atom. The highest BCUT2D eigenvalue weighted by Crippen LogP contribution is 2.24. The van der Waals surface area contributed by atoms with Crippen LogP contribution in [0.15, 0.2) is 0 Å². The lowest BCUT2D eigenvalue weighted by molar-refractivity contribution is -0.0734. The fourth-order valence-electron chi connectivity index (χ4n) is 2.33. The van der Waals surface area contributed by atoms with Crippen LogP contribution in [-0.2, 0) is 4.74 Å². The van der Waals surface area contributed by atoms with Gasteiger partial charge in [-0.25, -0.2) is 4.98 Å². The van der Waals surface area contributed by atoms with Gasteiger partial charge in [0, 0.05) is 39.6 Å². The molecule has 2 rings (SSSR count). The predicted molar refractivity (Wildman–Crippen MR) is 73.6 cm³/mol. The minimum atomic E-state index is -0.823. The third-order valence-electron chi connectivity index (χ3n) is 3.40. The van der Waals surface area contributed by atoms with E-state index in [9.17, 15) is 9.90 Å². The van der Waals surface area contributed by atoms with Gasteiger partial charge in [-0.1, -0.05) is 0 Å². The highest BCUT2D eigenvalue weighted by Gasteiger charge is 2.33. The van der Waals surface area contributed by atoms with Crippen LogP contribution in [0.4, 0.5) is 0 Å². The van der Waals surface area contributed by atoms with E-state index in [1.165, 1.54) is 11.3 Å². The van der Waals surface area contributed by atoms with E-state index in [4.69, 9.17) is 4.74 Å². The molecule has 19 heavy (non-hydrogen) atoms. The number of carbonyl (C=O) groups excluding carboxylic acids is 1. The summed E-state index contributed by atoms with van der Waals surface area (Å²) in [5, 5.41) is 11.3. The van der Waals surface area contributed by atoms with E-state index in [1.54, 1.807) is 11.9 Å². The summed E-state index contributed by atoms with van der Waals surface area (Å²) in [4.78, 5) is 18.9. The summed E-state index contributed by atoms with van der Waals surface area (Å²) in [5.74, 6) is -0.0667. The largest absolute Gasteiger partial charge is 0.388 e. The van der Waals surface area contributed by atoms with Gasteiger partial charge in [-0.3, -0.25) is 4.79 Å². The first-order valence-corrected chi connectivity index (χ1v) is 7.22. The standard InChI is InChI=1S/C13H20N2O3S/c1-9-11(19-10(2)14-9)12(16)15(3)8-13(17)4-6-18-7-5-13/h17H,4-8H2,1-3H3. The quantitative estimate of drug-likeness (QED) is 0.910. The highest BCUT2D eigenvalue weighted by molar-refractivity contribution is 7.13. The zero-order valence-corrected chi connectivity index (χ0v) is 12.4. The third-order valence-corrected chi connectivity index (χ3v) is 4.46. The molecule has 1 saturated heterocycles. The number of carbonyl (C=O) groups is 1. The zero-order valence-electron chi connectivity index (χ0n) is 11.6. The van der Waals surface area contributed by atoms with Crippen molar-refractivity contribution in [2.75, 3.05) is 26.8 Å². The van der Waals surface area contributed by atoms with Gasteiger partial charge in [-0.05, 0) is 13.8 Å². The second kappa shape index (κ2) is 5.56. The maximum Gasteiger partial charge on any atom is 0.265 e. The van der Waals surface area contributed by atoms with Crippen molar-refractivity contribution in [3.8, 4) is 0 Å². The Morgan fingerprint density at radius 2 is 2.11 bits per heavy atom. The summed E-state index contributed by atoms with van der Waals surface area (Å²) in [6, 6.07) is 0. The summed E-state index contributed by atoms with van der Waals surface area (Å²) < 4.78 is 5.24. The molecular formula is C13H20N2O3S. The van der Waals surface area contributed by atoms with Crippen LogP contribution in [0.3, 0.4) is 0 Å². The molecule has 0 aromatic carbocycles. The van der Waals surface area contributed by atoms with Crippen LogP contribution in [0.25, 0.3) is 0 Å². The predicted octanol–water partition coefficient (Wildman–Crippen LogP) is 1.37. The van der Waals surface area contributed by atoms with Gasteiger partial charge in [0.1, 0.15) is 4.88 Å². The number of aryl methyl sites for hydroxylation is 2. The van der Waals surface area contributed by atoms with Crippen molar-refractivity contribution in [2.24, 2.45) is 0 Å². The van der Waals surface area contributed by atoms with Crippen molar-refractivity contribution in [1.82, 2.24) is 9.88 Å². The fraction of sp³-hybridized carbons (Fsp3) is 0.692. The summed E-state index contributed by atoms with van der Waals surface area (Å²) in [5.41, 5.74) is -0.0608. The topological polar surface area (TPSA) is 62.7 Å².